The Balaban J connectivity index is 1.63. The van der Waals surface area contributed by atoms with Crippen molar-refractivity contribution in [1.29, 1.82) is 0 Å². The Morgan fingerprint density at radius 3 is 2.31 bits per heavy atom. The molecule has 4 aliphatic carbocycles. The van der Waals surface area contributed by atoms with Gasteiger partial charge in [0.05, 0.1) is 12.2 Å². The zero-order valence-electron chi connectivity index (χ0n) is 19.3. The van der Waals surface area contributed by atoms with Crippen molar-refractivity contribution in [2.24, 2.45) is 52.3 Å². The molecule has 0 heterocycles. The van der Waals surface area contributed by atoms with Gasteiger partial charge in [-0.25, -0.2) is 0 Å². The minimum Gasteiger partial charge on any atom is -0.396 e. The summed E-state index contributed by atoms with van der Waals surface area (Å²) in [7, 11) is 0. The van der Waals surface area contributed by atoms with Gasteiger partial charge in [0.25, 0.3) is 0 Å². The van der Waals surface area contributed by atoms with E-state index in [1.165, 1.54) is 25.7 Å². The maximum Gasteiger partial charge on any atom is 0.0605 e. The van der Waals surface area contributed by atoms with Crippen molar-refractivity contribution in [2.75, 3.05) is 6.61 Å². The van der Waals surface area contributed by atoms with Gasteiger partial charge in [-0.3, -0.25) is 0 Å². The maximum atomic E-state index is 11.7. The summed E-state index contributed by atoms with van der Waals surface area (Å²) in [6.07, 6.45) is 10.9. The van der Waals surface area contributed by atoms with Crippen LogP contribution in [0.5, 0.6) is 0 Å². The number of aliphatic hydroxyl groups is 3. The molecule has 3 heteroatoms. The molecule has 0 aromatic carbocycles. The van der Waals surface area contributed by atoms with Crippen molar-refractivity contribution in [3.63, 3.8) is 0 Å². The zero-order chi connectivity index (χ0) is 21.0. The van der Waals surface area contributed by atoms with Crippen LogP contribution < -0.4 is 0 Å². The lowest BCUT2D eigenvalue weighted by molar-refractivity contribution is -0.203. The van der Waals surface area contributed by atoms with Gasteiger partial charge in [-0.1, -0.05) is 34.1 Å². The van der Waals surface area contributed by atoms with Crippen molar-refractivity contribution in [2.45, 2.75) is 104 Å². The molecule has 4 aliphatic rings. The van der Waals surface area contributed by atoms with Gasteiger partial charge >= 0.3 is 0 Å². The van der Waals surface area contributed by atoms with Crippen molar-refractivity contribution in [3.8, 4) is 0 Å². The molecule has 0 bridgehead atoms. The topological polar surface area (TPSA) is 60.7 Å². The van der Waals surface area contributed by atoms with Crippen molar-refractivity contribution in [3.05, 3.63) is 0 Å². The molecule has 29 heavy (non-hydrogen) atoms. The molecular weight excluding hydrogens is 360 g/mol. The monoisotopic (exact) mass is 406 g/mol. The lowest BCUT2D eigenvalue weighted by Gasteiger charge is -2.64. The largest absolute Gasteiger partial charge is 0.396 e. The molecular formula is C26H46O3. The summed E-state index contributed by atoms with van der Waals surface area (Å²) in [4.78, 5) is 0. The minimum absolute atomic E-state index is 0.164. The zero-order valence-corrected chi connectivity index (χ0v) is 19.3. The van der Waals surface area contributed by atoms with Crippen LogP contribution in [0.15, 0.2) is 0 Å². The van der Waals surface area contributed by atoms with Gasteiger partial charge in [0.2, 0.25) is 0 Å². The van der Waals surface area contributed by atoms with Crippen LogP contribution in [0.2, 0.25) is 0 Å². The molecule has 4 saturated carbocycles. The standard InChI is InChI=1S/C26H46O3/c1-5-18-22-15-17(28)10-12-26(22,4)21-11-13-25(3)19(16(2)7-6-14-27)8-9-20(25)23(21)24(18)29/h16-24,27-29H,5-15H2,1-4H3/t16?,17-,18-,19-,20+,21+,22+,23+,24+,25-,26-/m1/s1. The summed E-state index contributed by atoms with van der Waals surface area (Å²) in [6, 6.07) is 0. The third kappa shape index (κ3) is 3.33. The van der Waals surface area contributed by atoms with Crippen LogP contribution in [0.4, 0.5) is 0 Å². The fourth-order valence-electron chi connectivity index (χ4n) is 9.55. The first-order valence-electron chi connectivity index (χ1n) is 12.7. The normalized spacial score (nSPS) is 53.1. The summed E-state index contributed by atoms with van der Waals surface area (Å²) in [5, 5.41) is 31.4. The average Bonchev–Trinajstić information content (AvgIpc) is 3.05. The smallest absolute Gasteiger partial charge is 0.0605 e. The van der Waals surface area contributed by atoms with E-state index in [-0.39, 0.29) is 12.2 Å². The first kappa shape index (κ1) is 22.1. The molecule has 0 aliphatic heterocycles. The Hall–Kier alpha value is -0.120. The molecule has 0 aromatic rings. The summed E-state index contributed by atoms with van der Waals surface area (Å²) in [5.74, 6) is 3.97. The highest BCUT2D eigenvalue weighted by Gasteiger charge is 2.64. The van der Waals surface area contributed by atoms with E-state index >= 15 is 0 Å². The van der Waals surface area contributed by atoms with Gasteiger partial charge in [-0.15, -0.1) is 0 Å². The summed E-state index contributed by atoms with van der Waals surface area (Å²) in [6.45, 7) is 10.0. The Labute approximate surface area is 178 Å². The second kappa shape index (κ2) is 8.10. The van der Waals surface area contributed by atoms with Gasteiger partial charge in [0.15, 0.2) is 0 Å². The molecule has 0 saturated heterocycles. The second-order valence-corrected chi connectivity index (χ2v) is 12.0. The van der Waals surface area contributed by atoms with Gasteiger partial charge in [0.1, 0.15) is 0 Å². The van der Waals surface area contributed by atoms with E-state index in [0.717, 1.165) is 44.4 Å². The molecule has 168 valence electrons. The highest BCUT2D eigenvalue weighted by molar-refractivity contribution is 5.13. The van der Waals surface area contributed by atoms with E-state index in [4.69, 9.17) is 0 Å². The molecule has 4 fully saturated rings. The van der Waals surface area contributed by atoms with Gasteiger partial charge in [0, 0.05) is 6.61 Å². The minimum atomic E-state index is -0.190. The SMILES string of the molecule is CC[C@H]1[C@H](O)[C@@H]2[C@H](CC[C@]3(C)[C@@H](C(C)CCCO)CC[C@@H]23)[C@@]2(C)CC[C@@H](O)C[C@@H]12. The predicted molar refractivity (Wildman–Crippen MR) is 117 cm³/mol. The predicted octanol–water partition coefficient (Wildman–Crippen LogP) is 5.02. The van der Waals surface area contributed by atoms with E-state index in [1.54, 1.807) is 0 Å². The molecule has 4 rings (SSSR count). The summed E-state index contributed by atoms with van der Waals surface area (Å²) in [5.41, 5.74) is 0.651. The van der Waals surface area contributed by atoms with E-state index < -0.39 is 0 Å². The van der Waals surface area contributed by atoms with Crippen LogP contribution in [-0.4, -0.2) is 34.1 Å². The van der Waals surface area contributed by atoms with E-state index in [1.807, 2.05) is 0 Å². The van der Waals surface area contributed by atoms with Crippen molar-refractivity contribution < 1.29 is 15.3 Å². The van der Waals surface area contributed by atoms with Crippen LogP contribution in [0.25, 0.3) is 0 Å². The maximum absolute atomic E-state index is 11.7. The van der Waals surface area contributed by atoms with Crippen molar-refractivity contribution in [1.82, 2.24) is 0 Å². The first-order chi connectivity index (χ1) is 13.8. The Morgan fingerprint density at radius 2 is 1.62 bits per heavy atom. The number of hydrogen-bond donors (Lipinski definition) is 3. The Kier molecular flexibility index (Phi) is 6.17. The van der Waals surface area contributed by atoms with E-state index in [0.29, 0.717) is 52.9 Å². The highest BCUT2D eigenvalue weighted by atomic mass is 16.3. The second-order valence-electron chi connectivity index (χ2n) is 12.0. The molecule has 3 nitrogen and oxygen atoms in total. The number of fused-ring (bicyclic) bond motifs is 5. The number of aliphatic hydroxyl groups excluding tert-OH is 3. The van der Waals surface area contributed by atoms with E-state index in [2.05, 4.69) is 27.7 Å². The molecule has 11 atom stereocenters. The van der Waals surface area contributed by atoms with Crippen LogP contribution in [-0.2, 0) is 0 Å². The third-order valence-corrected chi connectivity index (χ3v) is 11.0. The van der Waals surface area contributed by atoms with E-state index in [9.17, 15) is 15.3 Å². The molecule has 0 aromatic heterocycles. The van der Waals surface area contributed by atoms with Gasteiger partial charge in [-0.2, -0.15) is 0 Å². The quantitative estimate of drug-likeness (QED) is 0.601. The lowest BCUT2D eigenvalue weighted by Crippen LogP contribution is -2.62. The lowest BCUT2D eigenvalue weighted by atomic mass is 9.41. The first-order valence-corrected chi connectivity index (χ1v) is 12.7. The number of rotatable bonds is 5. The van der Waals surface area contributed by atoms with Crippen molar-refractivity contribution >= 4 is 0 Å². The molecule has 3 N–H and O–H groups in total. The fourth-order valence-corrected chi connectivity index (χ4v) is 9.55. The van der Waals surface area contributed by atoms with Crippen LogP contribution in [0.3, 0.4) is 0 Å². The number of hydrogen-bond acceptors (Lipinski definition) is 3. The van der Waals surface area contributed by atoms with Crippen LogP contribution in [0, 0.1) is 52.3 Å². The van der Waals surface area contributed by atoms with Gasteiger partial charge < -0.3 is 15.3 Å². The average molecular weight is 407 g/mol. The highest BCUT2D eigenvalue weighted by Crippen LogP contribution is 2.69. The molecule has 0 radical (unpaired) electrons. The Morgan fingerprint density at radius 1 is 0.931 bits per heavy atom. The summed E-state index contributed by atoms with van der Waals surface area (Å²) < 4.78 is 0. The molecule has 1 unspecified atom stereocenters. The summed E-state index contributed by atoms with van der Waals surface area (Å²) >= 11 is 0. The van der Waals surface area contributed by atoms with Crippen LogP contribution in [0.1, 0.15) is 91.9 Å². The fraction of sp³-hybridized carbons (Fsp3) is 1.00. The van der Waals surface area contributed by atoms with Gasteiger partial charge in [-0.05, 0) is 110 Å². The third-order valence-electron chi connectivity index (χ3n) is 11.0. The molecule has 0 spiro atoms. The Bertz CT molecular complexity index is 578. The van der Waals surface area contributed by atoms with Crippen LogP contribution >= 0.6 is 0 Å². The molecule has 0 amide bonds.